The molecule has 1 amide bonds. The topological polar surface area (TPSA) is 29.1 Å². The van der Waals surface area contributed by atoms with Gasteiger partial charge in [-0.1, -0.05) is 0 Å². The predicted molar refractivity (Wildman–Crippen MR) is 44.7 cm³/mol. The summed E-state index contributed by atoms with van der Waals surface area (Å²) in [5.41, 5.74) is 1.21. The maximum Gasteiger partial charge on any atom is 0.224 e. The highest BCUT2D eigenvalue weighted by atomic mass is 32.1. The number of thiophene rings is 1. The maximum atomic E-state index is 11.0. The van der Waals surface area contributed by atoms with Gasteiger partial charge in [-0.2, -0.15) is 0 Å². The number of carbonyl (C=O) groups excluding carboxylic acids is 1. The molecule has 1 aliphatic heterocycles. The summed E-state index contributed by atoms with van der Waals surface area (Å²) in [5.74, 6) is 0.155. The summed E-state index contributed by atoms with van der Waals surface area (Å²) in [6, 6.07) is 2.05. The lowest BCUT2D eigenvalue weighted by Crippen LogP contribution is -2.24. The summed E-state index contributed by atoms with van der Waals surface area (Å²) in [7, 11) is 0. The van der Waals surface area contributed by atoms with Crippen molar-refractivity contribution < 1.29 is 4.79 Å². The second-order valence-corrected chi connectivity index (χ2v) is 3.65. The van der Waals surface area contributed by atoms with Crippen LogP contribution in [0.4, 0.5) is 0 Å². The van der Waals surface area contributed by atoms with E-state index in [0.29, 0.717) is 6.42 Å². The first kappa shape index (κ1) is 6.85. The first-order valence-corrected chi connectivity index (χ1v) is 4.56. The highest BCUT2D eigenvalue weighted by molar-refractivity contribution is 7.10. The first-order chi connectivity index (χ1) is 5.36. The third kappa shape index (κ3) is 1.28. The Labute approximate surface area is 69.2 Å². The van der Waals surface area contributed by atoms with Gasteiger partial charge < -0.3 is 5.32 Å². The Kier molecular flexibility index (Phi) is 1.66. The van der Waals surface area contributed by atoms with Gasteiger partial charge in [-0.05, 0) is 23.4 Å². The normalized spacial score (nSPS) is 16.9. The summed E-state index contributed by atoms with van der Waals surface area (Å²) < 4.78 is 0. The number of amides is 1. The highest BCUT2D eigenvalue weighted by Gasteiger charge is 2.12. The van der Waals surface area contributed by atoms with Crippen LogP contribution in [0.2, 0.25) is 0 Å². The van der Waals surface area contributed by atoms with E-state index in [2.05, 4.69) is 10.7 Å². The van der Waals surface area contributed by atoms with Crippen LogP contribution in [0.3, 0.4) is 0 Å². The molecule has 0 spiro atoms. The fourth-order valence-electron chi connectivity index (χ4n) is 1.29. The molecule has 0 radical (unpaired) electrons. The van der Waals surface area contributed by atoms with E-state index >= 15 is 0 Å². The van der Waals surface area contributed by atoms with Crippen LogP contribution in [-0.4, -0.2) is 12.5 Å². The molecule has 0 aromatic carbocycles. The second kappa shape index (κ2) is 2.66. The lowest BCUT2D eigenvalue weighted by molar-refractivity contribution is -0.120. The fourth-order valence-corrected chi connectivity index (χ4v) is 2.20. The molecule has 1 aromatic heterocycles. The van der Waals surface area contributed by atoms with Crippen molar-refractivity contribution in [3.8, 4) is 0 Å². The standard InChI is InChI=1S/C8H9NOS/c10-8-5-6-2-4-11-7(6)1-3-9-8/h2,4H,1,3,5H2,(H,9,10). The molecule has 0 atom stereocenters. The van der Waals surface area contributed by atoms with Crippen LogP contribution in [0.25, 0.3) is 0 Å². The molecular weight excluding hydrogens is 158 g/mol. The molecule has 2 rings (SSSR count). The number of hydrogen-bond acceptors (Lipinski definition) is 2. The summed E-state index contributed by atoms with van der Waals surface area (Å²) in [6.07, 6.45) is 1.57. The van der Waals surface area contributed by atoms with Gasteiger partial charge in [0, 0.05) is 11.4 Å². The molecule has 1 aromatic rings. The van der Waals surface area contributed by atoms with Crippen molar-refractivity contribution in [2.24, 2.45) is 0 Å². The van der Waals surface area contributed by atoms with Crippen LogP contribution >= 0.6 is 11.3 Å². The van der Waals surface area contributed by atoms with E-state index in [1.165, 1.54) is 10.4 Å². The zero-order valence-corrected chi connectivity index (χ0v) is 6.91. The first-order valence-electron chi connectivity index (χ1n) is 3.68. The zero-order chi connectivity index (χ0) is 7.68. The Hall–Kier alpha value is -0.830. The fraction of sp³-hybridized carbons (Fsp3) is 0.375. The summed E-state index contributed by atoms with van der Waals surface area (Å²) in [4.78, 5) is 12.4. The molecule has 2 nitrogen and oxygen atoms in total. The largest absolute Gasteiger partial charge is 0.355 e. The van der Waals surface area contributed by atoms with Gasteiger partial charge >= 0.3 is 0 Å². The molecule has 0 fully saturated rings. The minimum atomic E-state index is 0.155. The lowest BCUT2D eigenvalue weighted by Gasteiger charge is -1.95. The third-order valence-corrected chi connectivity index (χ3v) is 2.89. The smallest absolute Gasteiger partial charge is 0.224 e. The van der Waals surface area contributed by atoms with E-state index in [1.54, 1.807) is 11.3 Å². The van der Waals surface area contributed by atoms with Gasteiger partial charge in [0.2, 0.25) is 5.91 Å². The van der Waals surface area contributed by atoms with Crippen LogP contribution in [0.15, 0.2) is 11.4 Å². The maximum absolute atomic E-state index is 11.0. The Morgan fingerprint density at radius 2 is 2.45 bits per heavy atom. The average Bonchev–Trinajstić information content (AvgIpc) is 2.31. The molecule has 0 aliphatic carbocycles. The average molecular weight is 167 g/mol. The van der Waals surface area contributed by atoms with Gasteiger partial charge in [0.25, 0.3) is 0 Å². The van der Waals surface area contributed by atoms with Crippen LogP contribution in [0.1, 0.15) is 10.4 Å². The van der Waals surface area contributed by atoms with Crippen LogP contribution in [0, 0.1) is 0 Å². The number of carbonyl (C=O) groups is 1. The Morgan fingerprint density at radius 1 is 1.55 bits per heavy atom. The minimum Gasteiger partial charge on any atom is -0.355 e. The Morgan fingerprint density at radius 3 is 3.36 bits per heavy atom. The Balaban J connectivity index is 2.32. The Bertz CT molecular complexity index is 279. The van der Waals surface area contributed by atoms with E-state index in [9.17, 15) is 4.79 Å². The van der Waals surface area contributed by atoms with Crippen molar-refractivity contribution in [3.05, 3.63) is 21.9 Å². The third-order valence-electron chi connectivity index (χ3n) is 1.86. The summed E-state index contributed by atoms with van der Waals surface area (Å²) >= 11 is 1.75. The number of rotatable bonds is 0. The number of nitrogens with one attached hydrogen (secondary N) is 1. The summed E-state index contributed by atoms with van der Waals surface area (Å²) in [6.45, 7) is 0.798. The van der Waals surface area contributed by atoms with Gasteiger partial charge in [0.05, 0.1) is 6.42 Å². The predicted octanol–water partition coefficient (Wildman–Crippen LogP) is 0.963. The van der Waals surface area contributed by atoms with E-state index in [0.717, 1.165) is 13.0 Å². The SMILES string of the molecule is O=C1Cc2ccsc2CCN1. The van der Waals surface area contributed by atoms with Gasteiger partial charge in [0.1, 0.15) is 0 Å². The molecule has 0 unspecified atom stereocenters. The number of fused-ring (bicyclic) bond motifs is 1. The molecule has 2 heterocycles. The van der Waals surface area contributed by atoms with Crippen LogP contribution in [-0.2, 0) is 17.6 Å². The molecule has 58 valence electrons. The second-order valence-electron chi connectivity index (χ2n) is 2.65. The molecular formula is C8H9NOS. The van der Waals surface area contributed by atoms with E-state index in [1.807, 2.05) is 6.07 Å². The van der Waals surface area contributed by atoms with Crippen molar-refractivity contribution in [1.29, 1.82) is 0 Å². The molecule has 1 N–H and O–H groups in total. The molecule has 0 bridgehead atoms. The van der Waals surface area contributed by atoms with Crippen LogP contribution < -0.4 is 5.32 Å². The lowest BCUT2D eigenvalue weighted by atomic mass is 10.2. The molecule has 11 heavy (non-hydrogen) atoms. The highest BCUT2D eigenvalue weighted by Crippen LogP contribution is 2.19. The molecule has 0 saturated heterocycles. The summed E-state index contributed by atoms with van der Waals surface area (Å²) in [5, 5.41) is 4.90. The van der Waals surface area contributed by atoms with E-state index < -0.39 is 0 Å². The van der Waals surface area contributed by atoms with E-state index in [4.69, 9.17) is 0 Å². The van der Waals surface area contributed by atoms with Crippen molar-refractivity contribution in [2.75, 3.05) is 6.54 Å². The monoisotopic (exact) mass is 167 g/mol. The van der Waals surface area contributed by atoms with Crippen molar-refractivity contribution in [1.82, 2.24) is 5.32 Å². The van der Waals surface area contributed by atoms with Gasteiger partial charge in [-0.3, -0.25) is 4.79 Å². The van der Waals surface area contributed by atoms with Gasteiger partial charge in [-0.25, -0.2) is 0 Å². The van der Waals surface area contributed by atoms with Crippen molar-refractivity contribution in [2.45, 2.75) is 12.8 Å². The van der Waals surface area contributed by atoms with E-state index in [-0.39, 0.29) is 5.91 Å². The number of hydrogen-bond donors (Lipinski definition) is 1. The minimum absolute atomic E-state index is 0.155. The van der Waals surface area contributed by atoms with Crippen LogP contribution in [0.5, 0.6) is 0 Å². The van der Waals surface area contributed by atoms with Crippen molar-refractivity contribution in [3.63, 3.8) is 0 Å². The quantitative estimate of drug-likeness (QED) is 0.612. The van der Waals surface area contributed by atoms with Crippen molar-refractivity contribution >= 4 is 17.2 Å². The van der Waals surface area contributed by atoms with Gasteiger partial charge in [-0.15, -0.1) is 11.3 Å². The zero-order valence-electron chi connectivity index (χ0n) is 6.09. The molecule has 3 heteroatoms. The molecule has 0 saturated carbocycles. The van der Waals surface area contributed by atoms with Gasteiger partial charge in [0.15, 0.2) is 0 Å². The molecule has 1 aliphatic rings.